The van der Waals surface area contributed by atoms with E-state index in [9.17, 15) is 18.0 Å². The third-order valence-electron chi connectivity index (χ3n) is 9.90. The molecule has 1 N–H and O–H groups in total. The Morgan fingerprint density at radius 3 is 2.25 bits per heavy atom. The number of hydrogen-bond acceptors (Lipinski definition) is 3. The number of nitrogens with zero attached hydrogens (tertiary/aromatic N) is 3. The predicted molar refractivity (Wildman–Crippen MR) is 148 cm³/mol. The van der Waals surface area contributed by atoms with E-state index in [0.29, 0.717) is 12.8 Å². The number of likely N-dealkylation sites (N-methyl/N-ethyl adjacent to an activating group) is 1. The first-order valence-electron chi connectivity index (χ1n) is 13.7. The quantitative estimate of drug-likeness (QED) is 0.297. The minimum atomic E-state index is -4.96. The molecule has 5 aromatic rings. The van der Waals surface area contributed by atoms with Crippen molar-refractivity contribution in [3.05, 3.63) is 59.7 Å². The number of alkyl halides is 3. The number of methoxy groups -OCH3 is 1. The van der Waals surface area contributed by atoms with Crippen molar-refractivity contribution in [1.82, 2.24) is 19.4 Å². The molecule has 0 saturated heterocycles. The molecule has 206 valence electrons. The van der Waals surface area contributed by atoms with Crippen LogP contribution < -0.4 is 5.32 Å². The maximum atomic E-state index is 13.7. The second-order valence-corrected chi connectivity index (χ2v) is 11.8. The third-order valence-corrected chi connectivity index (χ3v) is 9.90. The number of para-hydroxylation sites is 2. The lowest BCUT2D eigenvalue weighted by Gasteiger charge is -2.51. The van der Waals surface area contributed by atoms with Gasteiger partial charge in [-0.05, 0) is 43.0 Å². The minimum Gasteiger partial charge on any atom is -0.377 e. The molecule has 1 saturated carbocycles. The van der Waals surface area contributed by atoms with Crippen LogP contribution in [-0.4, -0.2) is 52.4 Å². The first kappa shape index (κ1) is 24.3. The Balaban J connectivity index is 1.56. The summed E-state index contributed by atoms with van der Waals surface area (Å²) in [6.07, 6.45) is -4.60. The van der Waals surface area contributed by atoms with Crippen molar-refractivity contribution in [2.24, 2.45) is 0 Å². The number of aromatic nitrogens is 2. The van der Waals surface area contributed by atoms with Crippen LogP contribution in [0.25, 0.3) is 43.6 Å². The molecule has 4 heterocycles. The van der Waals surface area contributed by atoms with Gasteiger partial charge in [-0.1, -0.05) is 36.4 Å². The van der Waals surface area contributed by atoms with E-state index in [1.807, 2.05) is 18.2 Å². The van der Waals surface area contributed by atoms with Crippen molar-refractivity contribution in [3.63, 3.8) is 0 Å². The van der Waals surface area contributed by atoms with Crippen molar-refractivity contribution in [2.75, 3.05) is 14.2 Å². The van der Waals surface area contributed by atoms with Gasteiger partial charge in [0.05, 0.1) is 22.6 Å². The number of halogens is 3. The summed E-state index contributed by atoms with van der Waals surface area (Å²) in [6.45, 7) is 3.63. The molecule has 6 nitrogen and oxygen atoms in total. The van der Waals surface area contributed by atoms with E-state index < -0.39 is 29.8 Å². The lowest BCUT2D eigenvalue weighted by Crippen LogP contribution is -2.61. The summed E-state index contributed by atoms with van der Waals surface area (Å²) in [7, 11) is 2.83. The number of carbonyl (C=O) groups excluding carboxylic acids is 1. The van der Waals surface area contributed by atoms with Crippen LogP contribution in [0.2, 0.25) is 0 Å². The Morgan fingerprint density at radius 2 is 1.60 bits per heavy atom. The zero-order valence-corrected chi connectivity index (χ0v) is 22.5. The first-order valence-corrected chi connectivity index (χ1v) is 13.7. The highest BCUT2D eigenvalue weighted by molar-refractivity contribution is 6.25. The number of rotatable bonds is 2. The Hall–Kier alpha value is -3.56. The van der Waals surface area contributed by atoms with E-state index >= 15 is 0 Å². The van der Waals surface area contributed by atoms with Crippen LogP contribution in [0, 0.1) is 0 Å². The van der Waals surface area contributed by atoms with Crippen LogP contribution in [0.5, 0.6) is 0 Å². The Morgan fingerprint density at radius 1 is 1.00 bits per heavy atom. The second-order valence-electron chi connectivity index (χ2n) is 11.8. The fourth-order valence-corrected chi connectivity index (χ4v) is 8.52. The van der Waals surface area contributed by atoms with Gasteiger partial charge < -0.3 is 24.1 Å². The van der Waals surface area contributed by atoms with Gasteiger partial charge in [0, 0.05) is 65.9 Å². The molecular formula is C31H29F3N4O2. The normalized spacial score (nSPS) is 25.8. The smallest absolute Gasteiger partial charge is 0.377 e. The molecule has 1 amide bonds. The molecule has 3 aliphatic rings. The number of fused-ring (bicyclic) bond motifs is 13. The van der Waals surface area contributed by atoms with Crippen molar-refractivity contribution in [3.8, 4) is 0 Å². The number of carbonyl (C=O) groups is 1. The molecule has 2 aliphatic heterocycles. The van der Waals surface area contributed by atoms with Crippen LogP contribution in [0.15, 0.2) is 48.5 Å². The Labute approximate surface area is 228 Å². The van der Waals surface area contributed by atoms with Crippen molar-refractivity contribution < 1.29 is 22.7 Å². The Bertz CT molecular complexity index is 1900. The lowest BCUT2D eigenvalue weighted by molar-refractivity contribution is -0.192. The van der Waals surface area contributed by atoms with Gasteiger partial charge in [-0.2, -0.15) is 13.2 Å². The summed E-state index contributed by atoms with van der Waals surface area (Å²) in [5.74, 6) is -1.84. The van der Waals surface area contributed by atoms with E-state index in [0.717, 1.165) is 50.8 Å². The lowest BCUT2D eigenvalue weighted by atomic mass is 9.74. The minimum absolute atomic E-state index is 0.137. The highest BCUT2D eigenvalue weighted by atomic mass is 19.4. The molecular weight excluding hydrogens is 517 g/mol. The fourth-order valence-electron chi connectivity index (χ4n) is 8.52. The van der Waals surface area contributed by atoms with E-state index in [-0.39, 0.29) is 6.04 Å². The summed E-state index contributed by atoms with van der Waals surface area (Å²) < 4.78 is 52.1. The van der Waals surface area contributed by atoms with Crippen LogP contribution in [0.4, 0.5) is 13.2 Å². The topological polar surface area (TPSA) is 51.4 Å². The van der Waals surface area contributed by atoms with Gasteiger partial charge in [0.15, 0.2) is 0 Å². The summed E-state index contributed by atoms with van der Waals surface area (Å²) in [6, 6.07) is 15.8. The first-order chi connectivity index (χ1) is 19.2. The van der Waals surface area contributed by atoms with Gasteiger partial charge in [-0.15, -0.1) is 0 Å². The average Bonchev–Trinajstić information content (AvgIpc) is 3.61. The van der Waals surface area contributed by atoms with Crippen molar-refractivity contribution in [2.45, 2.75) is 62.8 Å². The molecule has 1 fully saturated rings. The fraction of sp³-hybridized carbons (Fsp3) is 0.387. The van der Waals surface area contributed by atoms with Gasteiger partial charge in [-0.25, -0.2) is 0 Å². The van der Waals surface area contributed by atoms with Crippen LogP contribution >= 0.6 is 0 Å². The maximum Gasteiger partial charge on any atom is 0.471 e. The molecule has 4 atom stereocenters. The van der Waals surface area contributed by atoms with Crippen molar-refractivity contribution >= 4 is 49.5 Å². The van der Waals surface area contributed by atoms with Gasteiger partial charge >= 0.3 is 12.1 Å². The standard InChI is InChI=1S/C31H29F3N4O2/c1-30-13-16(12-23(28(30)40-3)36(2)29(39)31(32,33)34)37-21-10-6-4-8-17(21)24-19-14-35-15-20(19)25-18-9-5-7-11-22(18)38(30)27(25)26(24)37/h4-11,16,23,28,35H,12-15H2,1-3H3/t16-,23+,28+,30-/m0/s1. The van der Waals surface area contributed by atoms with Crippen molar-refractivity contribution in [1.29, 1.82) is 0 Å². The van der Waals surface area contributed by atoms with Crippen LogP contribution in [0.1, 0.15) is 36.9 Å². The molecule has 40 heavy (non-hydrogen) atoms. The SMILES string of the molecule is CO[C@@H]1[C@H](N(C)C(=O)C(F)(F)F)C[C@H]2C[C@]1(C)n1c3ccccc3c3c4c(c5c6ccccc6n2c5c31)CNC4. The Kier molecular flexibility index (Phi) is 4.73. The van der Waals surface area contributed by atoms with Gasteiger partial charge in [0.1, 0.15) is 6.10 Å². The van der Waals surface area contributed by atoms with Crippen LogP contribution in [-0.2, 0) is 28.2 Å². The highest BCUT2D eigenvalue weighted by Crippen LogP contribution is 2.55. The average molecular weight is 547 g/mol. The number of amides is 1. The maximum absolute atomic E-state index is 13.7. The van der Waals surface area contributed by atoms with Crippen LogP contribution in [0.3, 0.4) is 0 Å². The zero-order valence-electron chi connectivity index (χ0n) is 22.5. The summed E-state index contributed by atoms with van der Waals surface area (Å²) in [5, 5.41) is 8.30. The summed E-state index contributed by atoms with van der Waals surface area (Å²) in [5.41, 5.74) is 6.20. The number of ether oxygens (including phenoxy) is 1. The summed E-state index contributed by atoms with van der Waals surface area (Å²) in [4.78, 5) is 13.5. The van der Waals surface area contributed by atoms with Gasteiger partial charge in [0.25, 0.3) is 0 Å². The molecule has 1 aliphatic carbocycles. The molecule has 0 radical (unpaired) electrons. The molecule has 2 aromatic heterocycles. The van der Waals surface area contributed by atoms with Gasteiger partial charge in [0.2, 0.25) is 0 Å². The van der Waals surface area contributed by atoms with E-state index in [1.54, 1.807) is 7.11 Å². The number of benzene rings is 3. The molecule has 3 aromatic carbocycles. The molecule has 9 heteroatoms. The predicted octanol–water partition coefficient (Wildman–Crippen LogP) is 5.97. The number of nitrogens with one attached hydrogen (secondary N) is 1. The largest absolute Gasteiger partial charge is 0.471 e. The third kappa shape index (κ3) is 2.79. The highest BCUT2D eigenvalue weighted by Gasteiger charge is 2.55. The van der Waals surface area contributed by atoms with E-state index in [4.69, 9.17) is 4.74 Å². The number of hydrogen-bond donors (Lipinski definition) is 1. The monoisotopic (exact) mass is 546 g/mol. The van der Waals surface area contributed by atoms with E-state index in [1.165, 1.54) is 28.9 Å². The summed E-state index contributed by atoms with van der Waals surface area (Å²) >= 11 is 0. The molecule has 8 rings (SSSR count). The molecule has 0 unspecified atom stereocenters. The van der Waals surface area contributed by atoms with E-state index in [2.05, 4.69) is 51.7 Å². The second kappa shape index (κ2) is 7.79. The van der Waals surface area contributed by atoms with Gasteiger partial charge in [-0.3, -0.25) is 4.79 Å². The molecule has 2 bridgehead atoms. The zero-order chi connectivity index (χ0) is 27.7. The molecule has 0 spiro atoms.